The summed E-state index contributed by atoms with van der Waals surface area (Å²) >= 11 is 0. The van der Waals surface area contributed by atoms with Gasteiger partial charge in [0.05, 0.1) is 13.2 Å². The van der Waals surface area contributed by atoms with E-state index in [2.05, 4.69) is 6.92 Å². The number of carbonyl (C=O) groups excluding carboxylic acids is 1. The van der Waals surface area contributed by atoms with Gasteiger partial charge in [0.15, 0.2) is 0 Å². The third-order valence-corrected chi connectivity index (χ3v) is 2.98. The number of rotatable bonds is 8. The summed E-state index contributed by atoms with van der Waals surface area (Å²) in [6.07, 6.45) is 0.602. The number of carbonyl (C=O) groups is 1. The van der Waals surface area contributed by atoms with Crippen LogP contribution in [0.4, 0.5) is 10.5 Å². The highest BCUT2D eigenvalue weighted by molar-refractivity contribution is 5.87. The molecule has 5 nitrogen and oxygen atoms in total. The molecular formula is C16H25NO4. The molecule has 0 heterocycles. The van der Waals surface area contributed by atoms with E-state index in [1.807, 2.05) is 32.0 Å². The lowest BCUT2D eigenvalue weighted by atomic mass is 10.2. The fourth-order valence-corrected chi connectivity index (χ4v) is 1.88. The molecule has 0 saturated carbocycles. The van der Waals surface area contributed by atoms with Gasteiger partial charge in [-0.2, -0.15) is 0 Å². The second kappa shape index (κ2) is 9.23. The van der Waals surface area contributed by atoms with Gasteiger partial charge >= 0.3 is 6.09 Å². The Labute approximate surface area is 126 Å². The third kappa shape index (κ3) is 5.27. The molecule has 0 aliphatic rings. The van der Waals surface area contributed by atoms with Gasteiger partial charge in [0, 0.05) is 19.3 Å². The van der Waals surface area contributed by atoms with Crippen LogP contribution in [0.5, 0.6) is 5.75 Å². The minimum Gasteiger partial charge on any atom is -0.493 e. The number of hydrogen-bond donors (Lipinski definition) is 0. The van der Waals surface area contributed by atoms with Crippen LogP contribution in [-0.2, 0) is 9.47 Å². The van der Waals surface area contributed by atoms with Crippen LogP contribution in [0.2, 0.25) is 0 Å². The van der Waals surface area contributed by atoms with Gasteiger partial charge in [-0.1, -0.05) is 6.92 Å². The number of nitrogens with zero attached hydrogens (tertiary/aromatic N) is 1. The number of anilines is 1. The van der Waals surface area contributed by atoms with Crippen molar-refractivity contribution in [3.05, 3.63) is 23.8 Å². The number of ether oxygens (including phenoxy) is 3. The molecule has 0 aliphatic heterocycles. The van der Waals surface area contributed by atoms with Gasteiger partial charge in [-0.05, 0) is 44.0 Å². The van der Waals surface area contributed by atoms with Crippen molar-refractivity contribution < 1.29 is 19.0 Å². The quantitative estimate of drug-likeness (QED) is 0.690. The van der Waals surface area contributed by atoms with E-state index in [4.69, 9.17) is 14.2 Å². The standard InChI is InChI=1S/C16H25NO4/c1-5-9-20-15-8-7-14(12-13(15)3)17(6-2)16(18)21-11-10-19-4/h7-8,12H,5-6,9-11H2,1-4H3. The molecule has 1 rings (SSSR count). The zero-order chi connectivity index (χ0) is 15.7. The molecule has 0 atom stereocenters. The van der Waals surface area contributed by atoms with Crippen LogP contribution < -0.4 is 9.64 Å². The molecule has 0 radical (unpaired) electrons. The van der Waals surface area contributed by atoms with Gasteiger partial charge < -0.3 is 14.2 Å². The van der Waals surface area contributed by atoms with E-state index in [9.17, 15) is 4.79 Å². The monoisotopic (exact) mass is 295 g/mol. The van der Waals surface area contributed by atoms with E-state index in [0.29, 0.717) is 19.8 Å². The molecule has 0 saturated heterocycles. The Morgan fingerprint density at radius 2 is 1.95 bits per heavy atom. The molecule has 5 heteroatoms. The molecule has 0 aliphatic carbocycles. The second-order valence-corrected chi connectivity index (χ2v) is 4.65. The Bertz CT molecular complexity index is 448. The van der Waals surface area contributed by atoms with Gasteiger partial charge in [0.25, 0.3) is 0 Å². The van der Waals surface area contributed by atoms with Crippen molar-refractivity contribution >= 4 is 11.8 Å². The molecule has 1 aromatic rings. The first kappa shape index (κ1) is 17.3. The highest BCUT2D eigenvalue weighted by Crippen LogP contribution is 2.25. The van der Waals surface area contributed by atoms with E-state index < -0.39 is 0 Å². The second-order valence-electron chi connectivity index (χ2n) is 4.65. The first-order valence-corrected chi connectivity index (χ1v) is 7.30. The zero-order valence-corrected chi connectivity index (χ0v) is 13.3. The topological polar surface area (TPSA) is 48.0 Å². The van der Waals surface area contributed by atoms with Gasteiger partial charge in [0.2, 0.25) is 0 Å². The number of amides is 1. The summed E-state index contributed by atoms with van der Waals surface area (Å²) in [5, 5.41) is 0. The number of aryl methyl sites for hydroxylation is 1. The highest BCUT2D eigenvalue weighted by Gasteiger charge is 2.16. The summed E-state index contributed by atoms with van der Waals surface area (Å²) in [6, 6.07) is 5.70. The molecule has 0 spiro atoms. The summed E-state index contributed by atoms with van der Waals surface area (Å²) in [5.74, 6) is 0.851. The van der Waals surface area contributed by atoms with Crippen molar-refractivity contribution in [1.82, 2.24) is 0 Å². The Morgan fingerprint density at radius 3 is 2.52 bits per heavy atom. The Hall–Kier alpha value is -1.75. The fraction of sp³-hybridized carbons (Fsp3) is 0.562. The zero-order valence-electron chi connectivity index (χ0n) is 13.3. The first-order chi connectivity index (χ1) is 10.1. The highest BCUT2D eigenvalue weighted by atomic mass is 16.6. The molecule has 0 aromatic heterocycles. The Morgan fingerprint density at radius 1 is 1.19 bits per heavy atom. The molecule has 0 fully saturated rings. The van der Waals surface area contributed by atoms with Crippen molar-refractivity contribution in [2.45, 2.75) is 27.2 Å². The lowest BCUT2D eigenvalue weighted by Gasteiger charge is -2.21. The smallest absolute Gasteiger partial charge is 0.414 e. The van der Waals surface area contributed by atoms with E-state index in [1.165, 1.54) is 0 Å². The number of hydrogen-bond acceptors (Lipinski definition) is 4. The summed E-state index contributed by atoms with van der Waals surface area (Å²) in [7, 11) is 1.57. The van der Waals surface area contributed by atoms with E-state index in [0.717, 1.165) is 23.4 Å². The Balaban J connectivity index is 2.76. The van der Waals surface area contributed by atoms with Crippen LogP contribution in [0.15, 0.2) is 18.2 Å². The maximum absolute atomic E-state index is 12.0. The molecule has 0 unspecified atom stereocenters. The molecule has 0 bridgehead atoms. The van der Waals surface area contributed by atoms with E-state index in [1.54, 1.807) is 12.0 Å². The van der Waals surface area contributed by atoms with Gasteiger partial charge in [0.1, 0.15) is 12.4 Å². The SMILES string of the molecule is CCCOc1ccc(N(CC)C(=O)OCCOC)cc1C. The number of methoxy groups -OCH3 is 1. The van der Waals surface area contributed by atoms with Crippen molar-refractivity contribution in [3.63, 3.8) is 0 Å². The molecular weight excluding hydrogens is 270 g/mol. The Kier molecular flexibility index (Phi) is 7.61. The predicted molar refractivity (Wildman–Crippen MR) is 83.2 cm³/mol. The van der Waals surface area contributed by atoms with E-state index >= 15 is 0 Å². The first-order valence-electron chi connectivity index (χ1n) is 7.30. The molecule has 0 N–H and O–H groups in total. The van der Waals surface area contributed by atoms with Crippen molar-refractivity contribution in [2.24, 2.45) is 0 Å². The van der Waals surface area contributed by atoms with Crippen LogP contribution in [0, 0.1) is 6.92 Å². The van der Waals surface area contributed by atoms with Crippen LogP contribution in [0.1, 0.15) is 25.8 Å². The lowest BCUT2D eigenvalue weighted by molar-refractivity contribution is 0.103. The normalized spacial score (nSPS) is 10.3. The van der Waals surface area contributed by atoms with Gasteiger partial charge in [-0.15, -0.1) is 0 Å². The van der Waals surface area contributed by atoms with E-state index in [-0.39, 0.29) is 12.7 Å². The summed E-state index contributed by atoms with van der Waals surface area (Å²) in [6.45, 7) is 7.83. The van der Waals surface area contributed by atoms with Crippen molar-refractivity contribution in [1.29, 1.82) is 0 Å². The van der Waals surface area contributed by atoms with Gasteiger partial charge in [-0.25, -0.2) is 4.79 Å². The minimum absolute atomic E-state index is 0.252. The van der Waals surface area contributed by atoms with Gasteiger partial charge in [-0.3, -0.25) is 4.90 Å². The number of benzene rings is 1. The summed E-state index contributed by atoms with van der Waals surface area (Å²) < 4.78 is 15.7. The largest absolute Gasteiger partial charge is 0.493 e. The average molecular weight is 295 g/mol. The van der Waals surface area contributed by atoms with Crippen molar-refractivity contribution in [2.75, 3.05) is 38.4 Å². The van der Waals surface area contributed by atoms with Crippen LogP contribution in [0.3, 0.4) is 0 Å². The molecule has 1 aromatic carbocycles. The lowest BCUT2D eigenvalue weighted by Crippen LogP contribution is -2.32. The molecule has 118 valence electrons. The summed E-state index contributed by atoms with van der Waals surface area (Å²) in [4.78, 5) is 13.6. The molecule has 21 heavy (non-hydrogen) atoms. The maximum Gasteiger partial charge on any atom is 0.414 e. The fourth-order valence-electron chi connectivity index (χ4n) is 1.88. The van der Waals surface area contributed by atoms with Crippen LogP contribution in [-0.4, -0.2) is 39.6 Å². The van der Waals surface area contributed by atoms with Crippen LogP contribution in [0.25, 0.3) is 0 Å². The maximum atomic E-state index is 12.0. The average Bonchev–Trinajstić information content (AvgIpc) is 2.47. The van der Waals surface area contributed by atoms with Crippen LogP contribution >= 0.6 is 0 Å². The predicted octanol–water partition coefficient (Wildman–Crippen LogP) is 3.39. The van der Waals surface area contributed by atoms with Crippen molar-refractivity contribution in [3.8, 4) is 5.75 Å². The molecule has 1 amide bonds. The summed E-state index contributed by atoms with van der Waals surface area (Å²) in [5.41, 5.74) is 1.81. The third-order valence-electron chi connectivity index (χ3n) is 2.98. The minimum atomic E-state index is -0.365.